The first kappa shape index (κ1) is 11.2. The summed E-state index contributed by atoms with van der Waals surface area (Å²) in [6.45, 7) is 2.11. The molecule has 2 rings (SSSR count). The first-order valence-corrected chi connectivity index (χ1v) is 5.92. The fraction of sp³-hybridized carbons (Fsp3) is 0.273. The van der Waals surface area contributed by atoms with Crippen LogP contribution in [0, 0.1) is 0 Å². The Morgan fingerprint density at radius 1 is 1.38 bits per heavy atom. The van der Waals surface area contributed by atoms with Crippen molar-refractivity contribution in [1.29, 1.82) is 0 Å². The van der Waals surface area contributed by atoms with E-state index in [-0.39, 0.29) is 6.04 Å². The van der Waals surface area contributed by atoms with Gasteiger partial charge in [-0.3, -0.25) is 0 Å². The standard InChI is InChI=1S/C11H14N4S/c1-8(12-2)9-4-3-5-13-10(9)16-11-14-6-7-15-11/h3-8,12H,1-2H3,(H,14,15). The van der Waals surface area contributed by atoms with Crippen molar-refractivity contribution in [3.8, 4) is 0 Å². The molecule has 0 aliphatic heterocycles. The smallest absolute Gasteiger partial charge is 0.171 e. The summed E-state index contributed by atoms with van der Waals surface area (Å²) in [5.41, 5.74) is 1.19. The van der Waals surface area contributed by atoms with Gasteiger partial charge in [0, 0.05) is 30.2 Å². The monoisotopic (exact) mass is 234 g/mol. The van der Waals surface area contributed by atoms with Gasteiger partial charge in [-0.25, -0.2) is 9.97 Å². The molecule has 0 saturated heterocycles. The second-order valence-corrected chi connectivity index (χ2v) is 4.38. The van der Waals surface area contributed by atoms with Crippen LogP contribution in [0.2, 0.25) is 0 Å². The molecule has 0 spiro atoms. The maximum atomic E-state index is 4.39. The molecule has 2 heterocycles. The zero-order valence-electron chi connectivity index (χ0n) is 9.27. The van der Waals surface area contributed by atoms with Gasteiger partial charge in [0.1, 0.15) is 5.03 Å². The average Bonchev–Trinajstić information content (AvgIpc) is 2.82. The van der Waals surface area contributed by atoms with Crippen LogP contribution in [-0.4, -0.2) is 22.0 Å². The first-order chi connectivity index (χ1) is 7.81. The van der Waals surface area contributed by atoms with Gasteiger partial charge in [0.2, 0.25) is 0 Å². The maximum absolute atomic E-state index is 4.39. The Balaban J connectivity index is 2.26. The van der Waals surface area contributed by atoms with Crippen molar-refractivity contribution in [3.63, 3.8) is 0 Å². The summed E-state index contributed by atoms with van der Waals surface area (Å²) in [6.07, 6.45) is 5.36. The fourth-order valence-electron chi connectivity index (χ4n) is 1.37. The largest absolute Gasteiger partial charge is 0.339 e. The highest BCUT2D eigenvalue weighted by Crippen LogP contribution is 2.28. The number of hydrogen-bond donors (Lipinski definition) is 2. The van der Waals surface area contributed by atoms with E-state index in [2.05, 4.69) is 33.3 Å². The van der Waals surface area contributed by atoms with E-state index in [1.807, 2.05) is 19.3 Å². The molecule has 5 heteroatoms. The molecule has 0 aromatic carbocycles. The van der Waals surface area contributed by atoms with Gasteiger partial charge in [0.15, 0.2) is 5.16 Å². The van der Waals surface area contributed by atoms with E-state index in [0.29, 0.717) is 0 Å². The highest BCUT2D eigenvalue weighted by atomic mass is 32.2. The van der Waals surface area contributed by atoms with Gasteiger partial charge in [-0.1, -0.05) is 6.07 Å². The summed E-state index contributed by atoms with van der Waals surface area (Å²) >= 11 is 1.55. The van der Waals surface area contributed by atoms with Crippen molar-refractivity contribution in [2.24, 2.45) is 0 Å². The van der Waals surface area contributed by atoms with Crippen LogP contribution in [0.3, 0.4) is 0 Å². The van der Waals surface area contributed by atoms with Crippen LogP contribution in [0.25, 0.3) is 0 Å². The third-order valence-corrected chi connectivity index (χ3v) is 3.32. The average molecular weight is 234 g/mol. The normalized spacial score (nSPS) is 12.6. The molecule has 2 N–H and O–H groups in total. The van der Waals surface area contributed by atoms with Gasteiger partial charge < -0.3 is 10.3 Å². The molecule has 0 bridgehead atoms. The molecular formula is C11H14N4S. The molecule has 1 atom stereocenters. The molecule has 84 valence electrons. The van der Waals surface area contributed by atoms with Crippen LogP contribution in [0.15, 0.2) is 40.9 Å². The summed E-state index contributed by atoms with van der Waals surface area (Å²) in [4.78, 5) is 11.6. The summed E-state index contributed by atoms with van der Waals surface area (Å²) in [6, 6.07) is 4.32. The lowest BCUT2D eigenvalue weighted by Crippen LogP contribution is -2.13. The Kier molecular flexibility index (Phi) is 3.58. The van der Waals surface area contributed by atoms with Crippen molar-refractivity contribution in [2.45, 2.75) is 23.1 Å². The minimum Gasteiger partial charge on any atom is -0.339 e. The van der Waals surface area contributed by atoms with E-state index in [4.69, 9.17) is 0 Å². The van der Waals surface area contributed by atoms with Crippen LogP contribution in [0.4, 0.5) is 0 Å². The second kappa shape index (κ2) is 5.14. The molecule has 0 aliphatic rings. The summed E-state index contributed by atoms with van der Waals surface area (Å²) in [7, 11) is 1.94. The van der Waals surface area contributed by atoms with Crippen molar-refractivity contribution >= 4 is 11.8 Å². The Labute approximate surface area is 98.9 Å². The topological polar surface area (TPSA) is 53.6 Å². The van der Waals surface area contributed by atoms with Crippen molar-refractivity contribution in [2.75, 3.05) is 7.05 Å². The quantitative estimate of drug-likeness (QED) is 0.852. The number of imidazole rings is 1. The molecule has 0 saturated carbocycles. The third kappa shape index (κ3) is 2.43. The van der Waals surface area contributed by atoms with E-state index in [0.717, 1.165) is 10.2 Å². The zero-order chi connectivity index (χ0) is 11.4. The predicted octanol–water partition coefficient (Wildman–Crippen LogP) is 2.24. The summed E-state index contributed by atoms with van der Waals surface area (Å²) in [5.74, 6) is 0. The molecule has 0 fully saturated rings. The van der Waals surface area contributed by atoms with Crippen molar-refractivity contribution in [1.82, 2.24) is 20.3 Å². The van der Waals surface area contributed by atoms with Crippen LogP contribution in [-0.2, 0) is 0 Å². The van der Waals surface area contributed by atoms with Crippen LogP contribution < -0.4 is 5.32 Å². The zero-order valence-corrected chi connectivity index (χ0v) is 10.1. The fourth-order valence-corrected chi connectivity index (χ4v) is 2.27. The van der Waals surface area contributed by atoms with E-state index in [1.165, 1.54) is 5.56 Å². The highest BCUT2D eigenvalue weighted by molar-refractivity contribution is 7.99. The summed E-state index contributed by atoms with van der Waals surface area (Å²) < 4.78 is 0. The number of nitrogens with zero attached hydrogens (tertiary/aromatic N) is 2. The molecule has 0 aliphatic carbocycles. The number of H-pyrrole nitrogens is 1. The van der Waals surface area contributed by atoms with Gasteiger partial charge in [0.25, 0.3) is 0 Å². The maximum Gasteiger partial charge on any atom is 0.171 e. The van der Waals surface area contributed by atoms with Crippen LogP contribution in [0.1, 0.15) is 18.5 Å². The minimum absolute atomic E-state index is 0.283. The predicted molar refractivity (Wildman–Crippen MR) is 64.4 cm³/mol. The van der Waals surface area contributed by atoms with Gasteiger partial charge in [-0.15, -0.1) is 0 Å². The van der Waals surface area contributed by atoms with E-state index in [1.54, 1.807) is 24.2 Å². The van der Waals surface area contributed by atoms with Gasteiger partial charge in [-0.2, -0.15) is 0 Å². The van der Waals surface area contributed by atoms with Crippen molar-refractivity contribution in [3.05, 3.63) is 36.3 Å². The van der Waals surface area contributed by atoms with Gasteiger partial charge in [-0.05, 0) is 31.8 Å². The number of hydrogen-bond acceptors (Lipinski definition) is 4. The molecule has 2 aromatic heterocycles. The molecule has 16 heavy (non-hydrogen) atoms. The van der Waals surface area contributed by atoms with E-state index < -0.39 is 0 Å². The Morgan fingerprint density at radius 3 is 2.94 bits per heavy atom. The lowest BCUT2D eigenvalue weighted by atomic mass is 10.1. The lowest BCUT2D eigenvalue weighted by Gasteiger charge is -2.13. The number of nitrogens with one attached hydrogen (secondary N) is 2. The molecule has 1 unspecified atom stereocenters. The van der Waals surface area contributed by atoms with Gasteiger partial charge in [0.05, 0.1) is 0 Å². The van der Waals surface area contributed by atoms with Crippen LogP contribution >= 0.6 is 11.8 Å². The second-order valence-electron chi connectivity index (χ2n) is 3.40. The molecule has 0 amide bonds. The first-order valence-electron chi connectivity index (χ1n) is 5.10. The van der Waals surface area contributed by atoms with Gasteiger partial charge >= 0.3 is 0 Å². The highest BCUT2D eigenvalue weighted by Gasteiger charge is 2.11. The Morgan fingerprint density at radius 2 is 2.25 bits per heavy atom. The lowest BCUT2D eigenvalue weighted by molar-refractivity contribution is 0.634. The number of pyridine rings is 1. The Hall–Kier alpha value is -1.33. The Bertz CT molecular complexity index is 441. The number of aromatic nitrogens is 3. The van der Waals surface area contributed by atoms with Crippen LogP contribution in [0.5, 0.6) is 0 Å². The van der Waals surface area contributed by atoms with Crippen molar-refractivity contribution < 1.29 is 0 Å². The molecular weight excluding hydrogens is 220 g/mol. The molecule has 0 radical (unpaired) electrons. The van der Waals surface area contributed by atoms with E-state index >= 15 is 0 Å². The SMILES string of the molecule is CNC(C)c1cccnc1Sc1ncc[nH]1. The van der Waals surface area contributed by atoms with E-state index in [9.17, 15) is 0 Å². The third-order valence-electron chi connectivity index (χ3n) is 2.37. The molecule has 2 aromatic rings. The molecule has 4 nitrogen and oxygen atoms in total. The minimum atomic E-state index is 0.283. The number of aromatic amines is 1. The summed E-state index contributed by atoms with van der Waals surface area (Å²) in [5, 5.41) is 5.07. The number of rotatable bonds is 4.